The minimum absolute atomic E-state index is 0.142. The fourth-order valence-corrected chi connectivity index (χ4v) is 3.31. The molecule has 1 amide bonds. The Balaban J connectivity index is 1.93. The summed E-state index contributed by atoms with van der Waals surface area (Å²) in [5.41, 5.74) is 3.62. The van der Waals surface area contributed by atoms with Gasteiger partial charge in [0, 0.05) is 36.0 Å². The zero-order valence-corrected chi connectivity index (χ0v) is 18.1. The van der Waals surface area contributed by atoms with Gasteiger partial charge in [0.2, 0.25) is 11.7 Å². The maximum Gasteiger partial charge on any atom is 0.306 e. The van der Waals surface area contributed by atoms with Crippen LogP contribution in [0.5, 0.6) is 0 Å². The number of carbonyl (C=O) groups excluding carboxylic acids is 3. The number of hydrogen-bond acceptors (Lipinski definition) is 7. The number of nitrogens with one attached hydrogen (secondary N) is 1. The van der Waals surface area contributed by atoms with Gasteiger partial charge >= 0.3 is 5.97 Å². The van der Waals surface area contributed by atoms with Crippen LogP contribution in [0.25, 0.3) is 0 Å². The summed E-state index contributed by atoms with van der Waals surface area (Å²) in [4.78, 5) is 44.6. The minimum atomic E-state index is -0.897. The molecule has 154 valence electrons. The van der Waals surface area contributed by atoms with Gasteiger partial charge in [-0.1, -0.05) is 11.8 Å². The normalized spacial score (nSPS) is 11.6. The van der Waals surface area contributed by atoms with Crippen LogP contribution in [0.4, 0.5) is 5.69 Å². The largest absolute Gasteiger partial charge is 0.454 e. The first kappa shape index (κ1) is 22.5. The number of ether oxygens (including phenoxy) is 1. The molecule has 1 aromatic heterocycles. The molecule has 0 bridgehead atoms. The molecule has 1 aromatic carbocycles. The minimum Gasteiger partial charge on any atom is -0.454 e. The van der Waals surface area contributed by atoms with Gasteiger partial charge in [-0.2, -0.15) is 0 Å². The number of nitrogens with zero attached hydrogens (tertiary/aromatic N) is 2. The Hall–Kier alpha value is -2.74. The van der Waals surface area contributed by atoms with Crippen LogP contribution in [-0.4, -0.2) is 40.0 Å². The Morgan fingerprint density at radius 3 is 2.21 bits per heavy atom. The SMILES string of the molecule is CSc1nc(C)c(CCC(=O)O[C@@H](C)C(=O)c2ccc(NC(C)=O)cc2)c(C)n1. The highest BCUT2D eigenvalue weighted by atomic mass is 32.2. The summed E-state index contributed by atoms with van der Waals surface area (Å²) in [6, 6.07) is 6.45. The highest BCUT2D eigenvalue weighted by molar-refractivity contribution is 7.98. The van der Waals surface area contributed by atoms with Crippen molar-refractivity contribution in [1.29, 1.82) is 0 Å². The van der Waals surface area contributed by atoms with E-state index in [0.29, 0.717) is 22.8 Å². The van der Waals surface area contributed by atoms with Crippen LogP contribution >= 0.6 is 11.8 Å². The van der Waals surface area contributed by atoms with Gasteiger partial charge in [-0.3, -0.25) is 14.4 Å². The molecular weight excluding hydrogens is 390 g/mol. The third kappa shape index (κ3) is 6.39. The van der Waals surface area contributed by atoms with Crippen molar-refractivity contribution in [2.24, 2.45) is 0 Å². The van der Waals surface area contributed by atoms with Crippen molar-refractivity contribution in [3.8, 4) is 0 Å². The van der Waals surface area contributed by atoms with E-state index in [1.54, 1.807) is 31.2 Å². The summed E-state index contributed by atoms with van der Waals surface area (Å²) in [6.07, 6.45) is 1.61. The summed E-state index contributed by atoms with van der Waals surface area (Å²) >= 11 is 1.47. The number of anilines is 1. The number of benzene rings is 1. The lowest BCUT2D eigenvalue weighted by molar-refractivity contribution is -0.146. The van der Waals surface area contributed by atoms with Crippen molar-refractivity contribution in [3.05, 3.63) is 46.8 Å². The molecular formula is C21H25N3O4S. The van der Waals surface area contributed by atoms with Gasteiger partial charge in [0.25, 0.3) is 0 Å². The number of aromatic nitrogens is 2. The van der Waals surface area contributed by atoms with E-state index in [2.05, 4.69) is 15.3 Å². The fourth-order valence-electron chi connectivity index (χ4n) is 2.85. The molecule has 0 spiro atoms. The monoisotopic (exact) mass is 415 g/mol. The van der Waals surface area contributed by atoms with Crippen LogP contribution in [0.2, 0.25) is 0 Å². The topological polar surface area (TPSA) is 98.2 Å². The van der Waals surface area contributed by atoms with Crippen molar-refractivity contribution in [1.82, 2.24) is 9.97 Å². The lowest BCUT2D eigenvalue weighted by Crippen LogP contribution is -2.24. The van der Waals surface area contributed by atoms with Crippen molar-refractivity contribution in [2.45, 2.75) is 51.8 Å². The van der Waals surface area contributed by atoms with E-state index in [1.165, 1.54) is 18.7 Å². The molecule has 1 atom stereocenters. The number of aryl methyl sites for hydroxylation is 2. The van der Waals surface area contributed by atoms with Gasteiger partial charge in [-0.25, -0.2) is 9.97 Å². The van der Waals surface area contributed by atoms with E-state index in [0.717, 1.165) is 17.0 Å². The summed E-state index contributed by atoms with van der Waals surface area (Å²) < 4.78 is 5.30. The van der Waals surface area contributed by atoms with E-state index in [-0.39, 0.29) is 18.1 Å². The van der Waals surface area contributed by atoms with Gasteiger partial charge in [0.15, 0.2) is 11.3 Å². The molecule has 0 fully saturated rings. The highest BCUT2D eigenvalue weighted by Crippen LogP contribution is 2.18. The van der Waals surface area contributed by atoms with Gasteiger partial charge in [-0.05, 0) is 63.3 Å². The molecule has 0 aliphatic rings. The predicted molar refractivity (Wildman–Crippen MR) is 112 cm³/mol. The first-order valence-corrected chi connectivity index (χ1v) is 10.4. The maximum absolute atomic E-state index is 12.5. The van der Waals surface area contributed by atoms with Crippen LogP contribution in [0.15, 0.2) is 29.4 Å². The van der Waals surface area contributed by atoms with E-state index >= 15 is 0 Å². The first-order chi connectivity index (χ1) is 13.7. The molecule has 1 N–H and O–H groups in total. The molecule has 2 aromatic rings. The molecule has 0 aliphatic carbocycles. The Morgan fingerprint density at radius 1 is 1.10 bits per heavy atom. The summed E-state index contributed by atoms with van der Waals surface area (Å²) in [6.45, 7) is 6.75. The second-order valence-electron chi connectivity index (χ2n) is 6.61. The van der Waals surface area contributed by atoms with Crippen molar-refractivity contribution in [3.63, 3.8) is 0 Å². The Morgan fingerprint density at radius 2 is 1.69 bits per heavy atom. The van der Waals surface area contributed by atoms with Crippen LogP contribution in [0.3, 0.4) is 0 Å². The van der Waals surface area contributed by atoms with Crippen LogP contribution in [-0.2, 0) is 20.7 Å². The van der Waals surface area contributed by atoms with Crippen molar-refractivity contribution < 1.29 is 19.1 Å². The lowest BCUT2D eigenvalue weighted by atomic mass is 10.1. The van der Waals surface area contributed by atoms with E-state index in [9.17, 15) is 14.4 Å². The Kier molecular flexibility index (Phi) is 7.90. The van der Waals surface area contributed by atoms with E-state index in [4.69, 9.17) is 4.74 Å². The van der Waals surface area contributed by atoms with Crippen LogP contribution < -0.4 is 5.32 Å². The summed E-state index contributed by atoms with van der Waals surface area (Å²) in [5.74, 6) is -0.938. The number of esters is 1. The maximum atomic E-state index is 12.5. The Labute approximate surface area is 174 Å². The molecule has 1 heterocycles. The third-order valence-electron chi connectivity index (χ3n) is 4.33. The number of carbonyl (C=O) groups is 3. The summed E-state index contributed by atoms with van der Waals surface area (Å²) in [5, 5.41) is 3.34. The zero-order valence-electron chi connectivity index (χ0n) is 17.2. The molecule has 0 aliphatic heterocycles. The van der Waals surface area contributed by atoms with E-state index in [1.807, 2.05) is 20.1 Å². The molecule has 29 heavy (non-hydrogen) atoms. The molecule has 7 nitrogen and oxygen atoms in total. The molecule has 0 saturated heterocycles. The molecule has 0 radical (unpaired) electrons. The van der Waals surface area contributed by atoms with Gasteiger partial charge in [-0.15, -0.1) is 0 Å². The van der Waals surface area contributed by atoms with Crippen LogP contribution in [0, 0.1) is 13.8 Å². The highest BCUT2D eigenvalue weighted by Gasteiger charge is 2.20. The average molecular weight is 416 g/mol. The fraction of sp³-hybridized carbons (Fsp3) is 0.381. The predicted octanol–water partition coefficient (Wildman–Crippen LogP) is 3.52. The van der Waals surface area contributed by atoms with Crippen molar-refractivity contribution >= 4 is 35.1 Å². The first-order valence-electron chi connectivity index (χ1n) is 9.20. The molecule has 0 unspecified atom stereocenters. The second kappa shape index (κ2) is 10.2. The lowest BCUT2D eigenvalue weighted by Gasteiger charge is -2.14. The number of amides is 1. The van der Waals surface area contributed by atoms with Gasteiger partial charge in [0.1, 0.15) is 0 Å². The number of thioether (sulfide) groups is 1. The van der Waals surface area contributed by atoms with E-state index < -0.39 is 12.1 Å². The standard InChI is InChI=1S/C21H25N3O4S/c1-12-18(13(2)23-21(22-12)29-5)10-11-19(26)28-14(3)20(27)16-6-8-17(9-7-16)24-15(4)25/h6-9,14H,10-11H2,1-5H3,(H,24,25)/t14-/m0/s1. The third-order valence-corrected chi connectivity index (χ3v) is 4.88. The van der Waals surface area contributed by atoms with Crippen molar-refractivity contribution in [2.75, 3.05) is 11.6 Å². The van der Waals surface area contributed by atoms with Crippen LogP contribution in [0.1, 0.15) is 47.6 Å². The number of rotatable bonds is 8. The average Bonchev–Trinajstić information content (AvgIpc) is 2.66. The number of hydrogen-bond donors (Lipinski definition) is 1. The summed E-state index contributed by atoms with van der Waals surface area (Å²) in [7, 11) is 0. The number of Topliss-reactive ketones (excluding diaryl/α,β-unsaturated/α-hetero) is 1. The smallest absolute Gasteiger partial charge is 0.306 e. The molecule has 0 saturated carbocycles. The molecule has 2 rings (SSSR count). The second-order valence-corrected chi connectivity index (χ2v) is 7.39. The number of ketones is 1. The zero-order chi connectivity index (χ0) is 21.6. The molecule has 8 heteroatoms. The van der Waals surface area contributed by atoms with Gasteiger partial charge < -0.3 is 10.1 Å². The Bertz CT molecular complexity index is 890. The quantitative estimate of drug-likeness (QED) is 0.305. The van der Waals surface area contributed by atoms with Gasteiger partial charge in [0.05, 0.1) is 0 Å².